The lowest BCUT2D eigenvalue weighted by molar-refractivity contribution is -0.144. The number of piperazine rings is 1. The average molecular weight is 244 g/mol. The van der Waals surface area contributed by atoms with Crippen molar-refractivity contribution in [2.24, 2.45) is 0 Å². The number of amides is 2. The first kappa shape index (κ1) is 11.3. The Morgan fingerprint density at radius 3 is 2.94 bits per heavy atom. The molecule has 1 aromatic carbocycles. The summed E-state index contributed by atoms with van der Waals surface area (Å²) in [6.07, 6.45) is 0.805. The van der Waals surface area contributed by atoms with Gasteiger partial charge in [-0.05, 0) is 24.5 Å². The summed E-state index contributed by atoms with van der Waals surface area (Å²) in [4.78, 5) is 25.7. The van der Waals surface area contributed by atoms with E-state index in [1.807, 2.05) is 18.2 Å². The number of nitrogens with one attached hydrogen (secondary N) is 1. The van der Waals surface area contributed by atoms with Crippen LogP contribution in [0, 0.1) is 0 Å². The summed E-state index contributed by atoms with van der Waals surface area (Å²) < 4.78 is 0. The number of rotatable bonds is 1. The summed E-state index contributed by atoms with van der Waals surface area (Å²) in [6.45, 7) is 2.96. The number of benzene rings is 1. The van der Waals surface area contributed by atoms with Gasteiger partial charge in [0.2, 0.25) is 11.8 Å². The second-order valence-corrected chi connectivity index (χ2v) is 4.95. The molecule has 2 aliphatic rings. The van der Waals surface area contributed by atoms with Crippen LogP contribution >= 0.6 is 0 Å². The van der Waals surface area contributed by atoms with Crippen LogP contribution < -0.4 is 5.32 Å². The Hall–Kier alpha value is -1.84. The topological polar surface area (TPSA) is 49.4 Å². The molecule has 0 spiro atoms. The molecule has 1 N–H and O–H groups in total. The zero-order valence-electron chi connectivity index (χ0n) is 10.3. The highest BCUT2D eigenvalue weighted by atomic mass is 16.2. The molecular weight excluding hydrogens is 228 g/mol. The van der Waals surface area contributed by atoms with Crippen molar-refractivity contribution < 1.29 is 9.59 Å². The monoisotopic (exact) mass is 244 g/mol. The Morgan fingerprint density at radius 1 is 1.39 bits per heavy atom. The largest absolute Gasteiger partial charge is 0.353 e. The fourth-order valence-electron chi connectivity index (χ4n) is 2.76. The molecule has 1 aliphatic heterocycles. The standard InChI is InChI=1S/C14H16N2O2/c1-9-13(17)15-6-7-16(9)14(18)12-8-10-4-2-3-5-11(10)12/h2-5,9,12H,6-8H2,1H3,(H,15,17). The summed E-state index contributed by atoms with van der Waals surface area (Å²) >= 11 is 0. The minimum atomic E-state index is -0.348. The fourth-order valence-corrected chi connectivity index (χ4v) is 2.76. The van der Waals surface area contributed by atoms with Gasteiger partial charge < -0.3 is 10.2 Å². The summed E-state index contributed by atoms with van der Waals surface area (Å²) in [5.74, 6) is -0.00666. The minimum absolute atomic E-state index is 0.0467. The Morgan fingerprint density at radius 2 is 2.17 bits per heavy atom. The van der Waals surface area contributed by atoms with E-state index in [1.165, 1.54) is 5.56 Å². The van der Waals surface area contributed by atoms with Crippen molar-refractivity contribution in [3.05, 3.63) is 35.4 Å². The third kappa shape index (κ3) is 1.60. The molecular formula is C14H16N2O2. The highest BCUT2D eigenvalue weighted by Gasteiger charge is 2.38. The highest BCUT2D eigenvalue weighted by Crippen LogP contribution is 2.36. The van der Waals surface area contributed by atoms with Gasteiger partial charge in [0.15, 0.2) is 0 Å². The first-order chi connectivity index (χ1) is 8.68. The normalized spacial score (nSPS) is 26.1. The van der Waals surface area contributed by atoms with Crippen molar-refractivity contribution in [3.63, 3.8) is 0 Å². The predicted octanol–water partition coefficient (Wildman–Crippen LogP) is 0.673. The van der Waals surface area contributed by atoms with Gasteiger partial charge in [0.25, 0.3) is 0 Å². The van der Waals surface area contributed by atoms with E-state index in [-0.39, 0.29) is 23.8 Å². The lowest BCUT2D eigenvalue weighted by atomic mass is 9.76. The fraction of sp³-hybridized carbons (Fsp3) is 0.429. The summed E-state index contributed by atoms with van der Waals surface area (Å²) in [5, 5.41) is 2.78. The van der Waals surface area contributed by atoms with Crippen LogP contribution in [0.2, 0.25) is 0 Å². The van der Waals surface area contributed by atoms with Crippen molar-refractivity contribution in [1.29, 1.82) is 0 Å². The zero-order chi connectivity index (χ0) is 12.7. The predicted molar refractivity (Wildman–Crippen MR) is 67.1 cm³/mol. The number of hydrogen-bond acceptors (Lipinski definition) is 2. The maximum atomic E-state index is 12.4. The maximum Gasteiger partial charge on any atom is 0.242 e. The Kier molecular flexibility index (Phi) is 2.58. The number of carbonyl (C=O) groups excluding carboxylic acids is 2. The van der Waals surface area contributed by atoms with Gasteiger partial charge in [-0.25, -0.2) is 0 Å². The summed E-state index contributed by atoms with van der Waals surface area (Å²) in [7, 11) is 0. The molecule has 2 unspecified atom stereocenters. The first-order valence-electron chi connectivity index (χ1n) is 6.34. The van der Waals surface area contributed by atoms with Crippen LogP contribution in [0.5, 0.6) is 0 Å². The van der Waals surface area contributed by atoms with Crippen molar-refractivity contribution in [3.8, 4) is 0 Å². The molecule has 4 heteroatoms. The second kappa shape index (κ2) is 4.12. The smallest absolute Gasteiger partial charge is 0.242 e. The molecule has 2 atom stereocenters. The van der Waals surface area contributed by atoms with Gasteiger partial charge in [-0.15, -0.1) is 0 Å². The van der Waals surface area contributed by atoms with Crippen molar-refractivity contribution >= 4 is 11.8 Å². The van der Waals surface area contributed by atoms with Crippen LogP contribution in [0.25, 0.3) is 0 Å². The van der Waals surface area contributed by atoms with E-state index >= 15 is 0 Å². The van der Waals surface area contributed by atoms with Crippen LogP contribution in [0.15, 0.2) is 24.3 Å². The quantitative estimate of drug-likeness (QED) is 0.789. The third-order valence-corrected chi connectivity index (χ3v) is 3.93. The molecule has 1 fully saturated rings. The second-order valence-electron chi connectivity index (χ2n) is 4.95. The van der Waals surface area contributed by atoms with Gasteiger partial charge in [-0.3, -0.25) is 9.59 Å². The average Bonchev–Trinajstić information content (AvgIpc) is 2.34. The molecule has 4 nitrogen and oxygen atoms in total. The van der Waals surface area contributed by atoms with Gasteiger partial charge in [-0.1, -0.05) is 24.3 Å². The van der Waals surface area contributed by atoms with Crippen LogP contribution in [-0.4, -0.2) is 35.8 Å². The van der Waals surface area contributed by atoms with Gasteiger partial charge in [0, 0.05) is 13.1 Å². The lowest BCUT2D eigenvalue weighted by Gasteiger charge is -2.38. The van der Waals surface area contributed by atoms with Crippen LogP contribution in [-0.2, 0) is 16.0 Å². The van der Waals surface area contributed by atoms with E-state index in [1.54, 1.807) is 11.8 Å². The molecule has 94 valence electrons. The van der Waals surface area contributed by atoms with Crippen molar-refractivity contribution in [2.45, 2.75) is 25.3 Å². The van der Waals surface area contributed by atoms with E-state index in [0.29, 0.717) is 13.1 Å². The Labute approximate surface area is 106 Å². The van der Waals surface area contributed by atoms with Gasteiger partial charge in [0.1, 0.15) is 6.04 Å². The Balaban J connectivity index is 1.79. The molecule has 0 saturated carbocycles. The molecule has 1 saturated heterocycles. The molecule has 0 radical (unpaired) electrons. The maximum absolute atomic E-state index is 12.4. The van der Waals surface area contributed by atoms with Crippen LogP contribution in [0.4, 0.5) is 0 Å². The number of carbonyl (C=O) groups is 2. The molecule has 0 bridgehead atoms. The van der Waals surface area contributed by atoms with Crippen LogP contribution in [0.3, 0.4) is 0 Å². The van der Waals surface area contributed by atoms with E-state index in [4.69, 9.17) is 0 Å². The number of hydrogen-bond donors (Lipinski definition) is 1. The first-order valence-corrected chi connectivity index (χ1v) is 6.34. The summed E-state index contributed by atoms with van der Waals surface area (Å²) in [6, 6.07) is 7.68. The Bertz CT molecular complexity index is 512. The van der Waals surface area contributed by atoms with Crippen molar-refractivity contribution in [1.82, 2.24) is 10.2 Å². The zero-order valence-corrected chi connectivity index (χ0v) is 10.3. The SMILES string of the molecule is CC1C(=O)NCCN1C(=O)C1Cc2ccccc21. The van der Waals surface area contributed by atoms with Crippen molar-refractivity contribution in [2.75, 3.05) is 13.1 Å². The molecule has 2 amide bonds. The van der Waals surface area contributed by atoms with Gasteiger partial charge in [0.05, 0.1) is 5.92 Å². The minimum Gasteiger partial charge on any atom is -0.353 e. The molecule has 0 aromatic heterocycles. The molecule has 1 aliphatic carbocycles. The van der Waals surface area contributed by atoms with E-state index in [9.17, 15) is 9.59 Å². The van der Waals surface area contributed by atoms with E-state index in [2.05, 4.69) is 11.4 Å². The molecule has 3 rings (SSSR count). The van der Waals surface area contributed by atoms with Gasteiger partial charge in [-0.2, -0.15) is 0 Å². The third-order valence-electron chi connectivity index (χ3n) is 3.93. The molecule has 1 heterocycles. The van der Waals surface area contributed by atoms with Crippen LogP contribution in [0.1, 0.15) is 24.0 Å². The van der Waals surface area contributed by atoms with E-state index < -0.39 is 0 Å². The van der Waals surface area contributed by atoms with Gasteiger partial charge >= 0.3 is 0 Å². The molecule has 1 aromatic rings. The van der Waals surface area contributed by atoms with E-state index in [0.717, 1.165) is 12.0 Å². The lowest BCUT2D eigenvalue weighted by Crippen LogP contribution is -2.57. The summed E-state index contributed by atoms with van der Waals surface area (Å²) in [5.41, 5.74) is 2.38. The highest BCUT2D eigenvalue weighted by molar-refractivity contribution is 5.92. The number of nitrogens with zero attached hydrogens (tertiary/aromatic N) is 1. The molecule has 18 heavy (non-hydrogen) atoms. The number of fused-ring (bicyclic) bond motifs is 1.